The summed E-state index contributed by atoms with van der Waals surface area (Å²) in [4.78, 5) is 10.2. The van der Waals surface area contributed by atoms with Gasteiger partial charge in [0.25, 0.3) is 0 Å². The number of halogens is 4. The van der Waals surface area contributed by atoms with Crippen molar-refractivity contribution >= 4 is 5.97 Å². The Morgan fingerprint density at radius 1 is 1.20 bits per heavy atom. The molecule has 1 N–H and O–H groups in total. The topological polar surface area (TPSA) is 37.3 Å². The molecule has 82 valence electrons. The fourth-order valence-corrected chi connectivity index (χ4v) is 0.984. The maximum absolute atomic E-state index is 12.8. The first kappa shape index (κ1) is 11.5. The van der Waals surface area contributed by atoms with Crippen LogP contribution < -0.4 is 0 Å². The molecule has 0 aliphatic rings. The minimum absolute atomic E-state index is 0.310. The van der Waals surface area contributed by atoms with E-state index in [1.807, 2.05) is 0 Å². The Morgan fingerprint density at radius 3 is 2.00 bits per heavy atom. The van der Waals surface area contributed by atoms with Crippen molar-refractivity contribution in [2.75, 3.05) is 0 Å². The smallest absolute Gasteiger partial charge is 0.416 e. The van der Waals surface area contributed by atoms with Gasteiger partial charge in [-0.2, -0.15) is 13.2 Å². The molecule has 0 aliphatic heterocycles. The number of carboxylic acids is 1. The van der Waals surface area contributed by atoms with Crippen LogP contribution in [0.2, 0.25) is 0 Å². The molecule has 0 saturated carbocycles. The van der Waals surface area contributed by atoms with Gasteiger partial charge in [0, 0.05) is 0 Å². The third-order valence-electron chi connectivity index (χ3n) is 1.75. The van der Waals surface area contributed by atoms with Gasteiger partial charge in [-0.05, 0) is 17.7 Å². The number of hydrogen-bond donors (Lipinski definition) is 1. The lowest BCUT2D eigenvalue weighted by molar-refractivity contribution is -0.143. The molecule has 1 aromatic carbocycles. The van der Waals surface area contributed by atoms with Crippen LogP contribution in [0.5, 0.6) is 0 Å². The third-order valence-corrected chi connectivity index (χ3v) is 1.75. The molecule has 15 heavy (non-hydrogen) atoms. The van der Waals surface area contributed by atoms with Crippen molar-refractivity contribution in [3.8, 4) is 0 Å². The summed E-state index contributed by atoms with van der Waals surface area (Å²) >= 11 is 0. The largest absolute Gasteiger partial charge is 0.479 e. The Bertz CT molecular complexity index is 355. The fraction of sp³-hybridized carbons (Fsp3) is 0.222. The molecule has 0 bridgehead atoms. The Hall–Kier alpha value is -1.59. The average Bonchev–Trinajstić information content (AvgIpc) is 2.15. The minimum Gasteiger partial charge on any atom is -0.479 e. The molecule has 1 unspecified atom stereocenters. The summed E-state index contributed by atoms with van der Waals surface area (Å²) < 4.78 is 49.0. The van der Waals surface area contributed by atoms with Crippen molar-refractivity contribution in [1.82, 2.24) is 0 Å². The molecule has 1 atom stereocenters. The van der Waals surface area contributed by atoms with Crippen molar-refractivity contribution in [3.05, 3.63) is 35.4 Å². The van der Waals surface area contributed by atoms with Crippen LogP contribution in [0.3, 0.4) is 0 Å². The molecule has 0 radical (unpaired) electrons. The summed E-state index contributed by atoms with van der Waals surface area (Å²) in [7, 11) is 0. The molecule has 0 heterocycles. The van der Waals surface area contributed by atoms with Gasteiger partial charge in [-0.1, -0.05) is 12.1 Å². The number of alkyl halides is 4. The lowest BCUT2D eigenvalue weighted by Gasteiger charge is -2.08. The third kappa shape index (κ3) is 2.68. The van der Waals surface area contributed by atoms with Crippen molar-refractivity contribution in [2.24, 2.45) is 0 Å². The summed E-state index contributed by atoms with van der Waals surface area (Å²) in [6.45, 7) is 0. The van der Waals surface area contributed by atoms with Gasteiger partial charge in [-0.15, -0.1) is 0 Å². The van der Waals surface area contributed by atoms with Crippen LogP contribution >= 0.6 is 0 Å². The van der Waals surface area contributed by atoms with Gasteiger partial charge >= 0.3 is 12.1 Å². The van der Waals surface area contributed by atoms with Gasteiger partial charge in [0.2, 0.25) is 6.17 Å². The van der Waals surface area contributed by atoms with E-state index in [-0.39, 0.29) is 5.56 Å². The SMILES string of the molecule is O=C(O)C(F)c1ccc(C(F)(F)F)cc1. The highest BCUT2D eigenvalue weighted by Gasteiger charge is 2.30. The van der Waals surface area contributed by atoms with Gasteiger partial charge in [0.1, 0.15) is 0 Å². The molecule has 6 heteroatoms. The van der Waals surface area contributed by atoms with Crippen molar-refractivity contribution in [2.45, 2.75) is 12.3 Å². The minimum atomic E-state index is -4.51. The molecular weight excluding hydrogens is 216 g/mol. The van der Waals surface area contributed by atoms with Gasteiger partial charge in [0.15, 0.2) is 0 Å². The molecule has 0 aliphatic carbocycles. The average molecular weight is 222 g/mol. The van der Waals surface area contributed by atoms with Crippen LogP contribution in [0.1, 0.15) is 17.3 Å². The Morgan fingerprint density at radius 2 is 1.67 bits per heavy atom. The Kier molecular flexibility index (Phi) is 2.97. The second-order valence-electron chi connectivity index (χ2n) is 2.82. The first-order chi connectivity index (χ1) is 6.82. The van der Waals surface area contributed by atoms with Gasteiger partial charge < -0.3 is 5.11 Å². The standard InChI is InChI=1S/C9H6F4O2/c10-7(8(14)15)5-1-3-6(4-2-5)9(11,12)13/h1-4,7H,(H,14,15). The van der Waals surface area contributed by atoms with Crippen LogP contribution in [0.4, 0.5) is 17.6 Å². The van der Waals surface area contributed by atoms with Crippen LogP contribution in [0, 0.1) is 0 Å². The zero-order valence-electron chi connectivity index (χ0n) is 7.25. The predicted octanol–water partition coefficient (Wildman–Crippen LogP) is 2.80. The highest BCUT2D eigenvalue weighted by Crippen LogP contribution is 2.30. The summed E-state index contributed by atoms with van der Waals surface area (Å²) in [6, 6.07) is 2.90. The van der Waals surface area contributed by atoms with E-state index in [1.165, 1.54) is 0 Å². The number of hydrogen-bond acceptors (Lipinski definition) is 1. The van der Waals surface area contributed by atoms with Crippen molar-refractivity contribution in [1.29, 1.82) is 0 Å². The van der Waals surface area contributed by atoms with E-state index in [9.17, 15) is 22.4 Å². The quantitative estimate of drug-likeness (QED) is 0.781. The molecule has 0 aromatic heterocycles. The van der Waals surface area contributed by atoms with Crippen LogP contribution in [0.15, 0.2) is 24.3 Å². The van der Waals surface area contributed by atoms with Crippen molar-refractivity contribution < 1.29 is 27.5 Å². The summed E-state index contributed by atoms with van der Waals surface area (Å²) in [5.74, 6) is -1.73. The molecule has 0 amide bonds. The highest BCUT2D eigenvalue weighted by molar-refractivity contribution is 5.74. The van der Waals surface area contributed by atoms with Crippen LogP contribution in [0.25, 0.3) is 0 Å². The number of carbonyl (C=O) groups is 1. The summed E-state index contributed by atoms with van der Waals surface area (Å²) in [6.07, 6.45) is -6.81. The van der Waals surface area contributed by atoms with Crippen LogP contribution in [-0.4, -0.2) is 11.1 Å². The predicted molar refractivity (Wildman–Crippen MR) is 42.9 cm³/mol. The Labute approximate surface area is 82.1 Å². The second-order valence-corrected chi connectivity index (χ2v) is 2.82. The summed E-state index contributed by atoms with van der Waals surface area (Å²) in [5, 5.41) is 8.27. The van der Waals surface area contributed by atoms with E-state index in [0.717, 1.165) is 12.1 Å². The lowest BCUT2D eigenvalue weighted by Crippen LogP contribution is -2.08. The van der Waals surface area contributed by atoms with E-state index < -0.39 is 23.9 Å². The van der Waals surface area contributed by atoms with E-state index in [4.69, 9.17) is 5.11 Å². The molecule has 0 saturated heterocycles. The molecular formula is C9H6F4O2. The Balaban J connectivity index is 2.95. The zero-order chi connectivity index (χ0) is 11.6. The molecule has 1 aromatic rings. The molecule has 0 fully saturated rings. The monoisotopic (exact) mass is 222 g/mol. The number of benzene rings is 1. The van der Waals surface area contributed by atoms with E-state index in [2.05, 4.69) is 0 Å². The van der Waals surface area contributed by atoms with Crippen LogP contribution in [-0.2, 0) is 11.0 Å². The van der Waals surface area contributed by atoms with Gasteiger partial charge in [-0.3, -0.25) is 0 Å². The van der Waals surface area contributed by atoms with E-state index >= 15 is 0 Å². The first-order valence-electron chi connectivity index (χ1n) is 3.86. The number of aliphatic carboxylic acids is 1. The van der Waals surface area contributed by atoms with Gasteiger partial charge in [0.05, 0.1) is 5.56 Å². The molecule has 1 rings (SSSR count). The maximum atomic E-state index is 12.8. The fourth-order valence-electron chi connectivity index (χ4n) is 0.984. The second kappa shape index (κ2) is 3.88. The van der Waals surface area contributed by atoms with E-state index in [0.29, 0.717) is 12.1 Å². The van der Waals surface area contributed by atoms with Gasteiger partial charge in [-0.25, -0.2) is 9.18 Å². The normalized spacial score (nSPS) is 13.6. The molecule has 0 spiro atoms. The number of rotatable bonds is 2. The molecule has 2 nitrogen and oxygen atoms in total. The van der Waals surface area contributed by atoms with E-state index in [1.54, 1.807) is 0 Å². The lowest BCUT2D eigenvalue weighted by atomic mass is 10.1. The zero-order valence-corrected chi connectivity index (χ0v) is 7.25. The summed E-state index contributed by atoms with van der Waals surface area (Å²) in [5.41, 5.74) is -1.25. The number of carboxylic acid groups (broad SMARTS) is 1. The first-order valence-corrected chi connectivity index (χ1v) is 3.86. The maximum Gasteiger partial charge on any atom is 0.416 e. The van der Waals surface area contributed by atoms with Crippen molar-refractivity contribution in [3.63, 3.8) is 0 Å². The highest BCUT2D eigenvalue weighted by atomic mass is 19.4.